The molecule has 0 amide bonds. The summed E-state index contributed by atoms with van der Waals surface area (Å²) in [7, 11) is 1.71. The van der Waals surface area contributed by atoms with Crippen LogP contribution in [0.2, 0.25) is 0 Å². The van der Waals surface area contributed by atoms with Gasteiger partial charge in [-0.05, 0) is 37.1 Å². The Balaban J connectivity index is 1.96. The lowest BCUT2D eigenvalue weighted by Crippen LogP contribution is -2.42. The molecule has 1 aliphatic heterocycles. The Bertz CT molecular complexity index is 428. The number of nitrogens with zero attached hydrogens (tertiary/aromatic N) is 1. The third kappa shape index (κ3) is 3.72. The summed E-state index contributed by atoms with van der Waals surface area (Å²) in [6.07, 6.45) is 2.38. The maximum atomic E-state index is 13.2. The number of hydrogen-bond acceptors (Lipinski definition) is 3. The number of piperidine rings is 1. The second kappa shape index (κ2) is 6.41. The topological polar surface area (TPSA) is 38.5 Å². The largest absolute Gasteiger partial charge is 0.380 e. The Morgan fingerprint density at radius 2 is 2.21 bits per heavy atom. The summed E-state index contributed by atoms with van der Waals surface area (Å²) in [5.41, 5.74) is 6.68. The zero-order valence-corrected chi connectivity index (χ0v) is 11.1. The molecule has 2 rings (SSSR count). The zero-order valence-electron chi connectivity index (χ0n) is 11.1. The van der Waals surface area contributed by atoms with Crippen molar-refractivity contribution in [2.24, 2.45) is 5.73 Å². The quantitative estimate of drug-likeness (QED) is 0.910. The highest BCUT2D eigenvalue weighted by Crippen LogP contribution is 2.18. The fraction of sp³-hybridized carbons (Fsp3) is 0.571. The monoisotopic (exact) mass is 270 g/mol. The summed E-state index contributed by atoms with van der Waals surface area (Å²) in [6.45, 7) is 2.44. The molecule has 0 aliphatic carbocycles. The van der Waals surface area contributed by atoms with E-state index in [2.05, 4.69) is 4.90 Å². The maximum Gasteiger partial charge on any atom is 0.159 e. The van der Waals surface area contributed by atoms with E-state index >= 15 is 0 Å². The smallest absolute Gasteiger partial charge is 0.159 e. The van der Waals surface area contributed by atoms with Crippen molar-refractivity contribution in [3.8, 4) is 0 Å². The van der Waals surface area contributed by atoms with Crippen molar-refractivity contribution >= 4 is 0 Å². The van der Waals surface area contributed by atoms with Crippen LogP contribution in [0.1, 0.15) is 24.4 Å². The van der Waals surface area contributed by atoms with Crippen LogP contribution in [0.5, 0.6) is 0 Å². The number of likely N-dealkylation sites (tertiary alicyclic amines) is 1. The molecule has 1 aliphatic rings. The minimum Gasteiger partial charge on any atom is -0.380 e. The normalized spacial score (nSPS) is 22.4. The van der Waals surface area contributed by atoms with E-state index in [0.29, 0.717) is 12.1 Å². The number of benzene rings is 1. The lowest BCUT2D eigenvalue weighted by atomic mass is 10.0. The fourth-order valence-electron chi connectivity index (χ4n) is 2.50. The summed E-state index contributed by atoms with van der Waals surface area (Å²) in [5.74, 6) is -1.69. The maximum absolute atomic E-state index is 13.2. The van der Waals surface area contributed by atoms with Crippen molar-refractivity contribution in [2.45, 2.75) is 25.0 Å². The summed E-state index contributed by atoms with van der Waals surface area (Å²) >= 11 is 0. The fourth-order valence-corrected chi connectivity index (χ4v) is 2.50. The first-order valence-corrected chi connectivity index (χ1v) is 6.56. The highest BCUT2D eigenvalue weighted by Gasteiger charge is 2.21. The average molecular weight is 270 g/mol. The molecule has 0 saturated carbocycles. The van der Waals surface area contributed by atoms with Crippen LogP contribution in [-0.4, -0.2) is 37.7 Å². The molecule has 1 fully saturated rings. The van der Waals surface area contributed by atoms with E-state index in [1.807, 2.05) is 0 Å². The first-order valence-electron chi connectivity index (χ1n) is 6.56. The minimum atomic E-state index is -0.846. The third-order valence-electron chi connectivity index (χ3n) is 3.62. The SMILES string of the molecule is COC1CCCN(CC(N)c2ccc(F)c(F)c2)C1. The van der Waals surface area contributed by atoms with Crippen LogP contribution in [0.25, 0.3) is 0 Å². The number of rotatable bonds is 4. The van der Waals surface area contributed by atoms with E-state index in [0.717, 1.165) is 32.0 Å². The van der Waals surface area contributed by atoms with E-state index in [9.17, 15) is 8.78 Å². The van der Waals surface area contributed by atoms with Gasteiger partial charge in [-0.2, -0.15) is 0 Å². The van der Waals surface area contributed by atoms with Crippen molar-refractivity contribution in [3.05, 3.63) is 35.4 Å². The summed E-state index contributed by atoms with van der Waals surface area (Å²) in [5, 5.41) is 0. The van der Waals surface area contributed by atoms with E-state index in [1.54, 1.807) is 13.2 Å². The first-order chi connectivity index (χ1) is 9.10. The Kier molecular flexibility index (Phi) is 4.85. The molecule has 1 aromatic rings. The molecule has 1 heterocycles. The molecule has 106 valence electrons. The second-order valence-corrected chi connectivity index (χ2v) is 5.04. The Morgan fingerprint density at radius 3 is 2.89 bits per heavy atom. The predicted octanol–water partition coefficient (Wildman–Crippen LogP) is 2.08. The van der Waals surface area contributed by atoms with Crippen molar-refractivity contribution in [1.82, 2.24) is 4.90 Å². The number of ether oxygens (including phenoxy) is 1. The van der Waals surface area contributed by atoms with Gasteiger partial charge in [-0.3, -0.25) is 4.90 Å². The van der Waals surface area contributed by atoms with Gasteiger partial charge >= 0.3 is 0 Å². The molecule has 0 aromatic heterocycles. The molecule has 2 atom stereocenters. The minimum absolute atomic E-state index is 0.242. The summed E-state index contributed by atoms with van der Waals surface area (Å²) < 4.78 is 31.4. The lowest BCUT2D eigenvalue weighted by Gasteiger charge is -2.33. The van der Waals surface area contributed by atoms with Gasteiger partial charge in [0.15, 0.2) is 11.6 Å². The van der Waals surface area contributed by atoms with Crippen LogP contribution in [0.15, 0.2) is 18.2 Å². The number of methoxy groups -OCH3 is 1. The van der Waals surface area contributed by atoms with Gasteiger partial charge in [0, 0.05) is 26.2 Å². The second-order valence-electron chi connectivity index (χ2n) is 5.04. The van der Waals surface area contributed by atoms with Crippen LogP contribution in [0.4, 0.5) is 8.78 Å². The highest BCUT2D eigenvalue weighted by atomic mass is 19.2. The van der Waals surface area contributed by atoms with Crippen molar-refractivity contribution in [2.75, 3.05) is 26.7 Å². The highest BCUT2D eigenvalue weighted by molar-refractivity contribution is 5.21. The molecular weight excluding hydrogens is 250 g/mol. The zero-order chi connectivity index (χ0) is 13.8. The van der Waals surface area contributed by atoms with Gasteiger partial charge < -0.3 is 10.5 Å². The molecule has 0 radical (unpaired) electrons. The average Bonchev–Trinajstić information content (AvgIpc) is 2.42. The predicted molar refractivity (Wildman–Crippen MR) is 69.8 cm³/mol. The molecule has 2 unspecified atom stereocenters. The van der Waals surface area contributed by atoms with Gasteiger partial charge in [0.25, 0.3) is 0 Å². The van der Waals surface area contributed by atoms with E-state index in [1.165, 1.54) is 6.07 Å². The molecular formula is C14H20F2N2O. The van der Waals surface area contributed by atoms with Gasteiger partial charge in [-0.1, -0.05) is 6.07 Å². The lowest BCUT2D eigenvalue weighted by molar-refractivity contribution is 0.0294. The van der Waals surface area contributed by atoms with Crippen LogP contribution in [-0.2, 0) is 4.74 Å². The number of nitrogens with two attached hydrogens (primary N) is 1. The molecule has 0 spiro atoms. The van der Waals surface area contributed by atoms with E-state index in [4.69, 9.17) is 10.5 Å². The molecule has 1 saturated heterocycles. The Morgan fingerprint density at radius 1 is 1.42 bits per heavy atom. The Hall–Kier alpha value is -1.04. The standard InChI is InChI=1S/C14H20F2N2O/c1-19-11-3-2-6-18(8-11)9-14(17)10-4-5-12(15)13(16)7-10/h4-5,7,11,14H,2-3,6,8-9,17H2,1H3. The van der Waals surface area contributed by atoms with Crippen LogP contribution in [0, 0.1) is 11.6 Å². The summed E-state index contributed by atoms with van der Waals surface area (Å²) in [4.78, 5) is 2.21. The van der Waals surface area contributed by atoms with Gasteiger partial charge in [0.05, 0.1) is 6.10 Å². The first kappa shape index (κ1) is 14.4. The number of hydrogen-bond donors (Lipinski definition) is 1. The molecule has 2 N–H and O–H groups in total. The van der Waals surface area contributed by atoms with Gasteiger partial charge in [-0.25, -0.2) is 8.78 Å². The molecule has 3 nitrogen and oxygen atoms in total. The molecule has 1 aromatic carbocycles. The molecule has 5 heteroatoms. The van der Waals surface area contributed by atoms with Gasteiger partial charge in [0.1, 0.15) is 0 Å². The van der Waals surface area contributed by atoms with Crippen LogP contribution < -0.4 is 5.73 Å². The number of halogens is 2. The van der Waals surface area contributed by atoms with Crippen molar-refractivity contribution in [1.29, 1.82) is 0 Å². The summed E-state index contributed by atoms with van der Waals surface area (Å²) in [6, 6.07) is 3.53. The van der Waals surface area contributed by atoms with Gasteiger partial charge in [0.2, 0.25) is 0 Å². The van der Waals surface area contributed by atoms with E-state index in [-0.39, 0.29) is 12.1 Å². The van der Waals surface area contributed by atoms with E-state index < -0.39 is 11.6 Å². The van der Waals surface area contributed by atoms with Crippen molar-refractivity contribution < 1.29 is 13.5 Å². The van der Waals surface area contributed by atoms with Gasteiger partial charge in [-0.15, -0.1) is 0 Å². The molecule has 19 heavy (non-hydrogen) atoms. The molecule has 0 bridgehead atoms. The third-order valence-corrected chi connectivity index (χ3v) is 3.62. The Labute approximate surface area is 112 Å². The van der Waals surface area contributed by atoms with Crippen LogP contribution in [0.3, 0.4) is 0 Å². The van der Waals surface area contributed by atoms with Crippen LogP contribution >= 0.6 is 0 Å². The van der Waals surface area contributed by atoms with Crippen molar-refractivity contribution in [3.63, 3.8) is 0 Å².